The van der Waals surface area contributed by atoms with Crippen LogP contribution in [0.5, 0.6) is 0 Å². The lowest BCUT2D eigenvalue weighted by molar-refractivity contribution is 0.172. The van der Waals surface area contributed by atoms with Gasteiger partial charge in [0.25, 0.3) is 0 Å². The molecule has 0 spiro atoms. The maximum atomic E-state index is 4.22. The zero-order valence-electron chi connectivity index (χ0n) is 11.4. The summed E-state index contributed by atoms with van der Waals surface area (Å²) in [7, 11) is 2.04. The lowest BCUT2D eigenvalue weighted by Crippen LogP contribution is -2.34. The summed E-state index contributed by atoms with van der Waals surface area (Å²) in [4.78, 5) is 6.76. The Labute approximate surface area is 130 Å². The SMILES string of the molecule is CNCCC1CCN(Cc2cncc(Br)c2)CC1.Cl. The van der Waals surface area contributed by atoms with Gasteiger partial charge in [0, 0.05) is 23.4 Å². The molecule has 0 saturated carbocycles. The fourth-order valence-electron chi connectivity index (χ4n) is 2.58. The second-order valence-corrected chi connectivity index (χ2v) is 6.04. The van der Waals surface area contributed by atoms with Crippen LogP contribution < -0.4 is 5.32 Å². The minimum absolute atomic E-state index is 0. The molecule has 0 unspecified atom stereocenters. The third kappa shape index (κ3) is 5.78. The first-order valence-corrected chi connectivity index (χ1v) is 7.53. The quantitative estimate of drug-likeness (QED) is 0.886. The van der Waals surface area contributed by atoms with E-state index >= 15 is 0 Å². The summed E-state index contributed by atoms with van der Waals surface area (Å²) in [6, 6.07) is 2.17. The number of piperidine rings is 1. The molecular formula is C14H23BrClN3. The Morgan fingerprint density at radius 1 is 1.37 bits per heavy atom. The van der Waals surface area contributed by atoms with Crippen molar-refractivity contribution in [3.63, 3.8) is 0 Å². The summed E-state index contributed by atoms with van der Waals surface area (Å²) in [6.45, 7) is 4.63. The van der Waals surface area contributed by atoms with Crippen molar-refractivity contribution in [1.29, 1.82) is 0 Å². The van der Waals surface area contributed by atoms with Crippen molar-refractivity contribution in [2.45, 2.75) is 25.8 Å². The van der Waals surface area contributed by atoms with Crippen LogP contribution in [0.25, 0.3) is 0 Å². The monoisotopic (exact) mass is 347 g/mol. The highest BCUT2D eigenvalue weighted by atomic mass is 79.9. The molecule has 19 heavy (non-hydrogen) atoms. The summed E-state index contributed by atoms with van der Waals surface area (Å²) >= 11 is 3.48. The van der Waals surface area contributed by atoms with Crippen LogP contribution in [0.1, 0.15) is 24.8 Å². The lowest BCUT2D eigenvalue weighted by Gasteiger charge is -2.31. The third-order valence-corrected chi connectivity index (χ3v) is 4.11. The number of aromatic nitrogens is 1. The predicted molar refractivity (Wildman–Crippen MR) is 85.7 cm³/mol. The highest BCUT2D eigenvalue weighted by molar-refractivity contribution is 9.10. The number of hydrogen-bond acceptors (Lipinski definition) is 3. The molecule has 0 aromatic carbocycles. The molecule has 0 atom stereocenters. The molecular weight excluding hydrogens is 326 g/mol. The second kappa shape index (κ2) is 8.90. The molecule has 0 bridgehead atoms. The number of pyridine rings is 1. The molecule has 0 aliphatic carbocycles. The van der Waals surface area contributed by atoms with Crippen LogP contribution in [0.2, 0.25) is 0 Å². The number of hydrogen-bond donors (Lipinski definition) is 1. The van der Waals surface area contributed by atoms with E-state index in [2.05, 4.69) is 37.2 Å². The highest BCUT2D eigenvalue weighted by Gasteiger charge is 2.18. The molecule has 2 rings (SSSR count). The molecule has 1 fully saturated rings. The van der Waals surface area contributed by atoms with E-state index in [9.17, 15) is 0 Å². The number of likely N-dealkylation sites (tertiary alicyclic amines) is 1. The molecule has 1 saturated heterocycles. The molecule has 1 aromatic rings. The largest absolute Gasteiger partial charge is 0.320 e. The first kappa shape index (κ1) is 16.9. The third-order valence-electron chi connectivity index (χ3n) is 3.68. The van der Waals surface area contributed by atoms with Gasteiger partial charge in [-0.15, -0.1) is 12.4 Å². The predicted octanol–water partition coefficient (Wildman–Crippen LogP) is 3.09. The van der Waals surface area contributed by atoms with Crippen molar-refractivity contribution in [2.75, 3.05) is 26.7 Å². The van der Waals surface area contributed by atoms with Crippen molar-refractivity contribution in [3.05, 3.63) is 28.5 Å². The average molecular weight is 349 g/mol. The minimum Gasteiger partial charge on any atom is -0.320 e. The minimum atomic E-state index is 0. The first-order chi connectivity index (χ1) is 8.78. The van der Waals surface area contributed by atoms with E-state index in [1.165, 1.54) is 37.9 Å². The molecule has 1 aliphatic rings. The fraction of sp³-hybridized carbons (Fsp3) is 0.643. The van der Waals surface area contributed by atoms with E-state index in [-0.39, 0.29) is 12.4 Å². The van der Waals surface area contributed by atoms with Crippen LogP contribution in [-0.4, -0.2) is 36.6 Å². The van der Waals surface area contributed by atoms with Crippen LogP contribution in [0, 0.1) is 5.92 Å². The molecule has 1 N–H and O–H groups in total. The van der Waals surface area contributed by atoms with Gasteiger partial charge in [0.1, 0.15) is 0 Å². The van der Waals surface area contributed by atoms with Gasteiger partial charge in [-0.05, 0) is 79.4 Å². The molecule has 0 amide bonds. The average Bonchev–Trinajstić information content (AvgIpc) is 2.38. The van der Waals surface area contributed by atoms with Gasteiger partial charge in [0.05, 0.1) is 0 Å². The number of nitrogens with zero attached hydrogens (tertiary/aromatic N) is 2. The van der Waals surface area contributed by atoms with E-state index in [1.54, 1.807) is 0 Å². The van der Waals surface area contributed by atoms with E-state index in [1.807, 2.05) is 19.4 Å². The molecule has 2 heterocycles. The fourth-order valence-corrected chi connectivity index (χ4v) is 2.99. The van der Waals surface area contributed by atoms with Gasteiger partial charge < -0.3 is 5.32 Å². The van der Waals surface area contributed by atoms with Gasteiger partial charge in [-0.3, -0.25) is 9.88 Å². The molecule has 3 nitrogen and oxygen atoms in total. The van der Waals surface area contributed by atoms with Gasteiger partial charge in [-0.1, -0.05) is 0 Å². The van der Waals surface area contributed by atoms with Crippen LogP contribution in [0.4, 0.5) is 0 Å². The maximum Gasteiger partial charge on any atom is 0.0410 e. The first-order valence-electron chi connectivity index (χ1n) is 6.74. The summed E-state index contributed by atoms with van der Waals surface area (Å²) in [6.07, 6.45) is 7.81. The summed E-state index contributed by atoms with van der Waals surface area (Å²) in [5.74, 6) is 0.911. The topological polar surface area (TPSA) is 28.2 Å². The zero-order valence-corrected chi connectivity index (χ0v) is 13.8. The van der Waals surface area contributed by atoms with E-state index in [0.717, 1.165) is 23.5 Å². The Morgan fingerprint density at radius 3 is 2.74 bits per heavy atom. The Balaban J connectivity index is 0.00000180. The van der Waals surface area contributed by atoms with Crippen LogP contribution in [0.3, 0.4) is 0 Å². The lowest BCUT2D eigenvalue weighted by atomic mass is 9.93. The number of halogens is 2. The zero-order chi connectivity index (χ0) is 12.8. The number of rotatable bonds is 5. The van der Waals surface area contributed by atoms with E-state index < -0.39 is 0 Å². The van der Waals surface area contributed by atoms with E-state index in [0.29, 0.717) is 0 Å². The highest BCUT2D eigenvalue weighted by Crippen LogP contribution is 2.21. The smallest absolute Gasteiger partial charge is 0.0410 e. The van der Waals surface area contributed by atoms with Crippen molar-refractivity contribution >= 4 is 28.3 Å². The van der Waals surface area contributed by atoms with Crippen molar-refractivity contribution in [2.24, 2.45) is 5.92 Å². The Bertz CT molecular complexity index is 367. The van der Waals surface area contributed by atoms with Gasteiger partial charge in [0.15, 0.2) is 0 Å². The van der Waals surface area contributed by atoms with E-state index in [4.69, 9.17) is 0 Å². The van der Waals surface area contributed by atoms with Crippen molar-refractivity contribution in [3.8, 4) is 0 Å². The maximum absolute atomic E-state index is 4.22. The van der Waals surface area contributed by atoms with Gasteiger partial charge in [-0.2, -0.15) is 0 Å². The van der Waals surface area contributed by atoms with Crippen LogP contribution >= 0.6 is 28.3 Å². The van der Waals surface area contributed by atoms with Crippen molar-refractivity contribution in [1.82, 2.24) is 15.2 Å². The van der Waals surface area contributed by atoms with Crippen LogP contribution in [-0.2, 0) is 6.54 Å². The van der Waals surface area contributed by atoms with Crippen molar-refractivity contribution < 1.29 is 0 Å². The summed E-state index contributed by atoms with van der Waals surface area (Å²) < 4.78 is 1.07. The Hall–Kier alpha value is -0.160. The van der Waals surface area contributed by atoms with Gasteiger partial charge >= 0.3 is 0 Å². The second-order valence-electron chi connectivity index (χ2n) is 5.12. The summed E-state index contributed by atoms with van der Waals surface area (Å²) in [5.41, 5.74) is 1.30. The molecule has 0 radical (unpaired) electrons. The molecule has 1 aliphatic heterocycles. The Morgan fingerprint density at radius 2 is 2.11 bits per heavy atom. The van der Waals surface area contributed by atoms with Crippen LogP contribution in [0.15, 0.2) is 22.9 Å². The summed E-state index contributed by atoms with van der Waals surface area (Å²) in [5, 5.41) is 3.25. The normalized spacial score (nSPS) is 17.2. The molecule has 5 heteroatoms. The van der Waals surface area contributed by atoms with Gasteiger partial charge in [-0.25, -0.2) is 0 Å². The Kier molecular flexibility index (Phi) is 7.91. The molecule has 1 aromatic heterocycles. The van der Waals surface area contributed by atoms with Gasteiger partial charge in [0.2, 0.25) is 0 Å². The molecule has 108 valence electrons. The number of nitrogens with one attached hydrogen (secondary N) is 1. The standard InChI is InChI=1S/C14H22BrN3.ClH/c1-16-5-2-12-3-6-18(7-4-12)11-13-8-14(15)10-17-9-13;/h8-10,12,16H,2-7,11H2,1H3;1H.